The Balaban J connectivity index is 1.83. The lowest BCUT2D eigenvalue weighted by Crippen LogP contribution is -2.58. The molecule has 0 radical (unpaired) electrons. The molecule has 0 aromatic heterocycles. The van der Waals surface area contributed by atoms with Crippen molar-refractivity contribution in [1.29, 1.82) is 0 Å². The predicted molar refractivity (Wildman–Crippen MR) is 90.4 cm³/mol. The normalized spacial score (nSPS) is 17.8. The van der Waals surface area contributed by atoms with Crippen molar-refractivity contribution in [3.63, 3.8) is 0 Å². The van der Waals surface area contributed by atoms with Crippen LogP contribution in [0, 0.1) is 18.6 Å². The van der Waals surface area contributed by atoms with Crippen LogP contribution in [0.5, 0.6) is 0 Å². The maximum atomic E-state index is 14.1. The van der Waals surface area contributed by atoms with Crippen molar-refractivity contribution in [3.05, 3.63) is 65.2 Å². The lowest BCUT2D eigenvalue weighted by atomic mass is 10.1. The third-order valence-electron chi connectivity index (χ3n) is 4.40. The smallest absolute Gasteiger partial charge is 0.254 e. The van der Waals surface area contributed by atoms with Gasteiger partial charge in [0, 0.05) is 18.7 Å². The molecule has 130 valence electrons. The first-order valence-electron chi connectivity index (χ1n) is 8.02. The van der Waals surface area contributed by atoms with E-state index in [9.17, 15) is 18.4 Å². The van der Waals surface area contributed by atoms with E-state index in [0.29, 0.717) is 5.56 Å². The van der Waals surface area contributed by atoms with Gasteiger partial charge in [-0.05, 0) is 55.8 Å². The Morgan fingerprint density at radius 2 is 1.76 bits per heavy atom. The molecule has 1 aliphatic rings. The van der Waals surface area contributed by atoms with Gasteiger partial charge < -0.3 is 9.80 Å². The molecule has 2 aromatic carbocycles. The summed E-state index contributed by atoms with van der Waals surface area (Å²) >= 11 is 0. The number of halogens is 2. The standard InChI is InChI=1S/C19H18F2N2O2/c1-12-3-8-16(21)17(11-12)23-10-9-22(13(2)18(23)24)19(25)14-4-6-15(20)7-5-14/h3-8,11,13H,9-10H2,1-2H3/t13-/m0/s1. The van der Waals surface area contributed by atoms with E-state index in [1.807, 2.05) is 6.92 Å². The summed E-state index contributed by atoms with van der Waals surface area (Å²) in [5.74, 6) is -1.58. The fraction of sp³-hybridized carbons (Fsp3) is 0.263. The number of amides is 2. The van der Waals surface area contributed by atoms with Crippen molar-refractivity contribution in [2.24, 2.45) is 0 Å². The Morgan fingerprint density at radius 1 is 1.08 bits per heavy atom. The molecular formula is C19H18F2N2O2. The highest BCUT2D eigenvalue weighted by Gasteiger charge is 2.36. The van der Waals surface area contributed by atoms with Crippen molar-refractivity contribution in [2.45, 2.75) is 19.9 Å². The minimum atomic E-state index is -0.730. The van der Waals surface area contributed by atoms with Crippen LogP contribution in [-0.2, 0) is 4.79 Å². The highest BCUT2D eigenvalue weighted by molar-refractivity contribution is 6.03. The lowest BCUT2D eigenvalue weighted by molar-refractivity contribution is -0.124. The fourth-order valence-corrected chi connectivity index (χ4v) is 2.97. The van der Waals surface area contributed by atoms with Crippen molar-refractivity contribution in [2.75, 3.05) is 18.0 Å². The second-order valence-corrected chi connectivity index (χ2v) is 6.13. The molecule has 0 saturated carbocycles. The molecule has 2 amide bonds. The summed E-state index contributed by atoms with van der Waals surface area (Å²) < 4.78 is 27.1. The average molecular weight is 344 g/mol. The Hall–Kier alpha value is -2.76. The number of rotatable bonds is 2. The summed E-state index contributed by atoms with van der Waals surface area (Å²) in [5, 5.41) is 0. The van der Waals surface area contributed by atoms with Gasteiger partial charge in [-0.25, -0.2) is 8.78 Å². The van der Waals surface area contributed by atoms with Crippen LogP contribution < -0.4 is 4.90 Å². The zero-order chi connectivity index (χ0) is 18.1. The molecule has 0 spiro atoms. The molecule has 1 atom stereocenters. The molecule has 1 fully saturated rings. The molecule has 0 aliphatic carbocycles. The molecule has 4 nitrogen and oxygen atoms in total. The molecule has 25 heavy (non-hydrogen) atoms. The first-order valence-corrected chi connectivity index (χ1v) is 8.02. The van der Waals surface area contributed by atoms with Gasteiger partial charge in [-0.1, -0.05) is 6.07 Å². The minimum absolute atomic E-state index is 0.205. The van der Waals surface area contributed by atoms with E-state index >= 15 is 0 Å². The molecule has 0 unspecified atom stereocenters. The average Bonchev–Trinajstić information content (AvgIpc) is 2.60. The highest BCUT2D eigenvalue weighted by atomic mass is 19.1. The summed E-state index contributed by atoms with van der Waals surface area (Å²) in [7, 11) is 0. The molecular weight excluding hydrogens is 326 g/mol. The summed E-state index contributed by atoms with van der Waals surface area (Å²) in [4.78, 5) is 28.1. The first kappa shape index (κ1) is 17.1. The molecule has 1 heterocycles. The van der Waals surface area contributed by atoms with Gasteiger partial charge in [0.25, 0.3) is 5.91 Å². The van der Waals surface area contributed by atoms with Crippen LogP contribution in [0.15, 0.2) is 42.5 Å². The summed E-state index contributed by atoms with van der Waals surface area (Å²) in [6, 6.07) is 9.06. The van der Waals surface area contributed by atoms with Gasteiger partial charge in [-0.2, -0.15) is 0 Å². The summed E-state index contributed by atoms with van der Waals surface area (Å²) in [6.07, 6.45) is 0. The second-order valence-electron chi connectivity index (χ2n) is 6.13. The van der Waals surface area contributed by atoms with Crippen LogP contribution >= 0.6 is 0 Å². The van der Waals surface area contributed by atoms with Gasteiger partial charge >= 0.3 is 0 Å². The van der Waals surface area contributed by atoms with Crippen molar-refractivity contribution in [1.82, 2.24) is 4.90 Å². The second kappa shape index (κ2) is 6.63. The van der Waals surface area contributed by atoms with E-state index in [2.05, 4.69) is 0 Å². The third kappa shape index (κ3) is 3.24. The van der Waals surface area contributed by atoms with Gasteiger partial charge in [0.05, 0.1) is 5.69 Å². The number of hydrogen-bond acceptors (Lipinski definition) is 2. The lowest BCUT2D eigenvalue weighted by Gasteiger charge is -2.39. The van der Waals surface area contributed by atoms with Gasteiger partial charge in [-0.3, -0.25) is 9.59 Å². The van der Waals surface area contributed by atoms with Gasteiger partial charge in [0.2, 0.25) is 5.91 Å². The zero-order valence-electron chi connectivity index (χ0n) is 14.0. The SMILES string of the molecule is Cc1ccc(F)c(N2CCN(C(=O)c3ccc(F)cc3)[C@@H](C)C2=O)c1. The maximum absolute atomic E-state index is 14.1. The van der Waals surface area contributed by atoms with Crippen LogP contribution in [0.4, 0.5) is 14.5 Å². The number of aryl methyl sites for hydroxylation is 1. The molecule has 1 saturated heterocycles. The third-order valence-corrected chi connectivity index (χ3v) is 4.40. The van der Waals surface area contributed by atoms with E-state index in [0.717, 1.165) is 5.56 Å². The Kier molecular flexibility index (Phi) is 4.53. The van der Waals surface area contributed by atoms with Crippen LogP contribution in [0.2, 0.25) is 0 Å². The maximum Gasteiger partial charge on any atom is 0.254 e. The summed E-state index contributed by atoms with van der Waals surface area (Å²) in [6.45, 7) is 3.92. The molecule has 2 aromatic rings. The van der Waals surface area contributed by atoms with Crippen LogP contribution in [0.1, 0.15) is 22.8 Å². The van der Waals surface area contributed by atoms with Crippen molar-refractivity contribution >= 4 is 17.5 Å². The minimum Gasteiger partial charge on any atom is -0.325 e. The molecule has 0 bridgehead atoms. The van der Waals surface area contributed by atoms with E-state index in [1.165, 1.54) is 40.1 Å². The van der Waals surface area contributed by atoms with E-state index in [4.69, 9.17) is 0 Å². The molecule has 6 heteroatoms. The largest absolute Gasteiger partial charge is 0.325 e. The summed E-state index contributed by atoms with van der Waals surface area (Å²) in [5.41, 5.74) is 1.39. The number of benzene rings is 2. The zero-order valence-corrected chi connectivity index (χ0v) is 14.0. The Bertz CT molecular complexity index is 821. The highest BCUT2D eigenvalue weighted by Crippen LogP contribution is 2.25. The molecule has 3 rings (SSSR count). The number of anilines is 1. The van der Waals surface area contributed by atoms with Gasteiger partial charge in [0.15, 0.2) is 0 Å². The molecule has 0 N–H and O–H groups in total. The Morgan fingerprint density at radius 3 is 2.44 bits per heavy atom. The van der Waals surface area contributed by atoms with E-state index in [-0.39, 0.29) is 30.6 Å². The van der Waals surface area contributed by atoms with Crippen LogP contribution in [0.25, 0.3) is 0 Å². The number of carbonyl (C=O) groups excluding carboxylic acids is 2. The van der Waals surface area contributed by atoms with Crippen LogP contribution in [-0.4, -0.2) is 35.8 Å². The van der Waals surface area contributed by atoms with Gasteiger partial charge in [-0.15, -0.1) is 0 Å². The van der Waals surface area contributed by atoms with E-state index in [1.54, 1.807) is 19.1 Å². The predicted octanol–water partition coefficient (Wildman–Crippen LogP) is 3.15. The quantitative estimate of drug-likeness (QED) is 0.840. The number of nitrogens with zero attached hydrogens (tertiary/aromatic N) is 2. The monoisotopic (exact) mass is 344 g/mol. The van der Waals surface area contributed by atoms with E-state index < -0.39 is 17.7 Å². The van der Waals surface area contributed by atoms with Crippen LogP contribution in [0.3, 0.4) is 0 Å². The Labute approximate surface area is 144 Å². The number of piperazine rings is 1. The molecule has 1 aliphatic heterocycles. The number of carbonyl (C=O) groups is 2. The van der Waals surface area contributed by atoms with Gasteiger partial charge in [0.1, 0.15) is 17.7 Å². The van der Waals surface area contributed by atoms with Crippen molar-refractivity contribution in [3.8, 4) is 0 Å². The topological polar surface area (TPSA) is 40.6 Å². The number of hydrogen-bond donors (Lipinski definition) is 0. The van der Waals surface area contributed by atoms with Crippen molar-refractivity contribution < 1.29 is 18.4 Å². The first-order chi connectivity index (χ1) is 11.9. The fourth-order valence-electron chi connectivity index (χ4n) is 2.97.